The van der Waals surface area contributed by atoms with Gasteiger partial charge in [0.2, 0.25) is 0 Å². The Labute approximate surface area is 72.6 Å². The largest absolute Gasteiger partial charge is 0.344 e. The van der Waals surface area contributed by atoms with Crippen molar-refractivity contribution >= 4 is 10.1 Å². The van der Waals surface area contributed by atoms with Crippen molar-refractivity contribution in [3.8, 4) is 0 Å². The van der Waals surface area contributed by atoms with Gasteiger partial charge in [-0.05, 0) is 0 Å². The molecule has 1 aromatic rings. The molecule has 0 radical (unpaired) electrons. The van der Waals surface area contributed by atoms with E-state index in [1.165, 1.54) is 0 Å². The van der Waals surface area contributed by atoms with Crippen LogP contribution in [0.3, 0.4) is 0 Å². The zero-order valence-corrected chi connectivity index (χ0v) is 7.66. The smallest absolute Gasteiger partial charge is 0.261 e. The van der Waals surface area contributed by atoms with Crippen LogP contribution in [0.15, 0.2) is 36.4 Å². The van der Waals surface area contributed by atoms with Gasteiger partial charge in [0.05, 0.1) is 6.26 Å². The maximum Gasteiger partial charge on any atom is 0.261 e. The first-order chi connectivity index (χ1) is 5.00. The third-order valence-corrected chi connectivity index (χ3v) is 0.667. The lowest BCUT2D eigenvalue weighted by atomic mass is 10.4. The number of hydrogen-bond acceptors (Lipinski definition) is 3. The van der Waals surface area contributed by atoms with Crippen LogP contribution in [0.5, 0.6) is 0 Å². The molecule has 5 heteroatoms. The quantitative estimate of drug-likeness (QED) is 0.606. The van der Waals surface area contributed by atoms with Crippen LogP contribution in [-0.4, -0.2) is 19.2 Å². The molecule has 70 valence electrons. The van der Waals surface area contributed by atoms with Gasteiger partial charge in [-0.3, -0.25) is 4.55 Å². The molecule has 0 aliphatic heterocycles. The zero-order valence-electron chi connectivity index (χ0n) is 6.84. The van der Waals surface area contributed by atoms with Gasteiger partial charge in [-0.15, -0.1) is 0 Å². The van der Waals surface area contributed by atoms with Gasteiger partial charge in [0.25, 0.3) is 10.1 Å². The second-order valence-corrected chi connectivity index (χ2v) is 3.35. The molecule has 0 aliphatic rings. The summed E-state index contributed by atoms with van der Waals surface area (Å²) in [4.78, 5) is 0. The van der Waals surface area contributed by atoms with Crippen molar-refractivity contribution in [3.05, 3.63) is 36.4 Å². The molecule has 0 atom stereocenters. The van der Waals surface area contributed by atoms with Crippen LogP contribution in [0.4, 0.5) is 0 Å². The molecule has 0 unspecified atom stereocenters. The Balaban J connectivity index is 0. The second-order valence-electron chi connectivity index (χ2n) is 1.89. The molecular formula is C7H13NO3S. The van der Waals surface area contributed by atoms with Crippen molar-refractivity contribution in [2.45, 2.75) is 0 Å². The van der Waals surface area contributed by atoms with Crippen molar-refractivity contribution in [2.24, 2.45) is 0 Å². The van der Waals surface area contributed by atoms with Gasteiger partial charge in [-0.25, -0.2) is 0 Å². The Morgan fingerprint density at radius 1 is 0.917 bits per heavy atom. The molecule has 0 saturated carbocycles. The predicted octanol–water partition coefficient (Wildman–Crippen LogP) is 1.35. The number of hydrogen-bond donors (Lipinski definition) is 2. The molecule has 0 fully saturated rings. The number of benzene rings is 1. The van der Waals surface area contributed by atoms with E-state index < -0.39 is 10.1 Å². The van der Waals surface area contributed by atoms with Gasteiger partial charge >= 0.3 is 0 Å². The van der Waals surface area contributed by atoms with E-state index in [2.05, 4.69) is 0 Å². The fourth-order valence-electron chi connectivity index (χ4n) is 0.385. The van der Waals surface area contributed by atoms with Gasteiger partial charge in [0.1, 0.15) is 0 Å². The van der Waals surface area contributed by atoms with E-state index in [4.69, 9.17) is 4.55 Å². The molecule has 1 aromatic carbocycles. The van der Waals surface area contributed by atoms with Crippen LogP contribution in [0.25, 0.3) is 0 Å². The minimum Gasteiger partial charge on any atom is -0.344 e. The standard InChI is InChI=1S/C6H6.CH4O3S.H3N/c1-2-4-6-5-3-1;1-5(2,3)4;/h1-6H;1H3,(H,2,3,4);1H3. The summed E-state index contributed by atoms with van der Waals surface area (Å²) < 4.78 is 25.9. The fourth-order valence-corrected chi connectivity index (χ4v) is 0.385. The zero-order chi connectivity index (χ0) is 8.74. The van der Waals surface area contributed by atoms with Crippen LogP contribution < -0.4 is 6.15 Å². The van der Waals surface area contributed by atoms with E-state index in [-0.39, 0.29) is 6.15 Å². The first-order valence-electron chi connectivity index (χ1n) is 2.92. The average molecular weight is 191 g/mol. The molecule has 4 N–H and O–H groups in total. The average Bonchev–Trinajstić information content (AvgIpc) is 1.88. The maximum absolute atomic E-state index is 9.19. The molecule has 0 aromatic heterocycles. The highest BCUT2D eigenvalue weighted by molar-refractivity contribution is 7.85. The summed E-state index contributed by atoms with van der Waals surface area (Å²) in [5.74, 6) is 0. The Kier molecular flexibility index (Phi) is 7.72. The van der Waals surface area contributed by atoms with Crippen LogP contribution in [0.2, 0.25) is 0 Å². The maximum atomic E-state index is 9.19. The van der Waals surface area contributed by atoms with Gasteiger partial charge in [-0.1, -0.05) is 36.4 Å². The van der Waals surface area contributed by atoms with Crippen molar-refractivity contribution in [3.63, 3.8) is 0 Å². The SMILES string of the molecule is CS(=O)(=O)O.N.c1ccccc1. The van der Waals surface area contributed by atoms with Crippen molar-refractivity contribution in [1.82, 2.24) is 6.15 Å². The van der Waals surface area contributed by atoms with E-state index >= 15 is 0 Å². The van der Waals surface area contributed by atoms with Crippen LogP contribution in [0.1, 0.15) is 0 Å². The van der Waals surface area contributed by atoms with Crippen molar-refractivity contribution in [2.75, 3.05) is 6.26 Å². The summed E-state index contributed by atoms with van der Waals surface area (Å²) in [6, 6.07) is 12.0. The molecule has 0 amide bonds. The molecule has 1 rings (SSSR count). The van der Waals surface area contributed by atoms with Gasteiger partial charge in [-0.2, -0.15) is 8.42 Å². The van der Waals surface area contributed by atoms with E-state index in [9.17, 15) is 8.42 Å². The minimum absolute atomic E-state index is 0. The van der Waals surface area contributed by atoms with Crippen molar-refractivity contribution in [1.29, 1.82) is 0 Å². The molecule has 4 nitrogen and oxygen atoms in total. The van der Waals surface area contributed by atoms with E-state index in [1.807, 2.05) is 36.4 Å². The highest BCUT2D eigenvalue weighted by Gasteiger charge is 1.81. The highest BCUT2D eigenvalue weighted by Crippen LogP contribution is 1.79. The van der Waals surface area contributed by atoms with Crippen LogP contribution in [-0.2, 0) is 10.1 Å². The summed E-state index contributed by atoms with van der Waals surface area (Å²) in [7, 11) is -3.67. The lowest BCUT2D eigenvalue weighted by Gasteiger charge is -1.69. The monoisotopic (exact) mass is 191 g/mol. The Bertz CT molecular complexity index is 235. The predicted molar refractivity (Wildman–Crippen MR) is 48.9 cm³/mol. The van der Waals surface area contributed by atoms with E-state index in [0.29, 0.717) is 6.26 Å². The van der Waals surface area contributed by atoms with Gasteiger partial charge in [0, 0.05) is 0 Å². The lowest BCUT2D eigenvalue weighted by Crippen LogP contribution is -1.88. The van der Waals surface area contributed by atoms with E-state index in [0.717, 1.165) is 0 Å². The Morgan fingerprint density at radius 2 is 1.00 bits per heavy atom. The summed E-state index contributed by atoms with van der Waals surface area (Å²) in [5, 5.41) is 0. The second kappa shape index (κ2) is 6.78. The summed E-state index contributed by atoms with van der Waals surface area (Å²) in [5.41, 5.74) is 0. The van der Waals surface area contributed by atoms with E-state index in [1.54, 1.807) is 0 Å². The van der Waals surface area contributed by atoms with Gasteiger partial charge in [0.15, 0.2) is 0 Å². The normalized spacial score (nSPS) is 8.83. The molecule has 0 saturated heterocycles. The topological polar surface area (TPSA) is 89.4 Å². The third-order valence-electron chi connectivity index (χ3n) is 0.667. The molecular weight excluding hydrogens is 178 g/mol. The Morgan fingerprint density at radius 3 is 1.08 bits per heavy atom. The fraction of sp³-hybridized carbons (Fsp3) is 0.143. The minimum atomic E-state index is -3.67. The summed E-state index contributed by atoms with van der Waals surface area (Å²) >= 11 is 0. The number of rotatable bonds is 0. The molecule has 12 heavy (non-hydrogen) atoms. The molecule has 0 spiro atoms. The van der Waals surface area contributed by atoms with Crippen molar-refractivity contribution < 1.29 is 13.0 Å². The van der Waals surface area contributed by atoms with Crippen LogP contribution in [0, 0.1) is 0 Å². The third kappa shape index (κ3) is 23.0. The first-order valence-corrected chi connectivity index (χ1v) is 4.77. The highest BCUT2D eigenvalue weighted by atomic mass is 32.2. The summed E-state index contributed by atoms with van der Waals surface area (Å²) in [6.45, 7) is 0. The summed E-state index contributed by atoms with van der Waals surface area (Å²) in [6.07, 6.45) is 0.715. The van der Waals surface area contributed by atoms with Gasteiger partial charge < -0.3 is 6.15 Å². The lowest BCUT2D eigenvalue weighted by molar-refractivity contribution is 0.490. The first kappa shape index (κ1) is 13.7. The Hall–Kier alpha value is -0.910. The van der Waals surface area contributed by atoms with Crippen LogP contribution >= 0.6 is 0 Å². The molecule has 0 heterocycles. The molecule has 0 aliphatic carbocycles. The molecule has 0 bridgehead atoms.